The molecule has 0 bridgehead atoms. The van der Waals surface area contributed by atoms with Gasteiger partial charge in [0.25, 0.3) is 0 Å². The molecule has 8 heteroatoms. The highest BCUT2D eigenvalue weighted by Crippen LogP contribution is 2.38. The minimum absolute atomic E-state index is 0.577. The van der Waals surface area contributed by atoms with Gasteiger partial charge in [0.15, 0.2) is 5.82 Å². The zero-order valence-electron chi connectivity index (χ0n) is 17.2. The highest BCUT2D eigenvalue weighted by Gasteiger charge is 2.27. The van der Waals surface area contributed by atoms with Gasteiger partial charge in [-0.25, -0.2) is 24.6 Å². The van der Waals surface area contributed by atoms with Crippen LogP contribution in [0, 0.1) is 20.8 Å². The van der Waals surface area contributed by atoms with Gasteiger partial charge in [0.1, 0.15) is 23.3 Å². The van der Waals surface area contributed by atoms with Crippen LogP contribution in [0.4, 0.5) is 11.6 Å². The number of nitrogens with zero attached hydrogens (tertiary/aromatic N) is 8. The van der Waals surface area contributed by atoms with Crippen molar-refractivity contribution in [1.29, 1.82) is 0 Å². The normalized spacial score (nSPS) is 17.1. The van der Waals surface area contributed by atoms with Crippen molar-refractivity contribution in [2.45, 2.75) is 39.5 Å². The predicted molar refractivity (Wildman–Crippen MR) is 112 cm³/mol. The Morgan fingerprint density at radius 1 is 0.828 bits per heavy atom. The summed E-state index contributed by atoms with van der Waals surface area (Å²) in [7, 11) is 0. The van der Waals surface area contributed by atoms with E-state index in [0.717, 1.165) is 66.7 Å². The van der Waals surface area contributed by atoms with Gasteiger partial charge >= 0.3 is 0 Å². The van der Waals surface area contributed by atoms with Crippen LogP contribution in [0.3, 0.4) is 0 Å². The summed E-state index contributed by atoms with van der Waals surface area (Å²) in [6.45, 7) is 9.62. The summed E-state index contributed by atoms with van der Waals surface area (Å²) in [5.41, 5.74) is 2.07. The first-order valence-corrected chi connectivity index (χ1v) is 10.3. The summed E-state index contributed by atoms with van der Waals surface area (Å²) in [5.74, 6) is 5.17. The van der Waals surface area contributed by atoms with Crippen molar-refractivity contribution in [2.24, 2.45) is 0 Å². The standard InChI is InChI=1S/C21H26N8/c1-14-12-15(2)29(26-14)20-13-19(23-16(3)24-20)28-10-8-27(9-11-28)18-6-7-22-21(25-18)17-4-5-17/h6-7,12-13,17H,4-5,8-11H2,1-3H3. The van der Waals surface area contributed by atoms with Crippen LogP contribution in [-0.2, 0) is 0 Å². The van der Waals surface area contributed by atoms with E-state index in [2.05, 4.69) is 30.9 Å². The lowest BCUT2D eigenvalue weighted by molar-refractivity contribution is 0.636. The van der Waals surface area contributed by atoms with E-state index in [1.807, 2.05) is 43.8 Å². The largest absolute Gasteiger partial charge is 0.353 e. The van der Waals surface area contributed by atoms with Crippen LogP contribution in [0.2, 0.25) is 0 Å². The average molecular weight is 390 g/mol. The minimum Gasteiger partial charge on any atom is -0.353 e. The molecule has 0 atom stereocenters. The average Bonchev–Trinajstić information content (AvgIpc) is 3.52. The number of rotatable bonds is 4. The number of aromatic nitrogens is 6. The Balaban J connectivity index is 1.33. The smallest absolute Gasteiger partial charge is 0.159 e. The molecule has 0 spiro atoms. The van der Waals surface area contributed by atoms with Gasteiger partial charge in [-0.3, -0.25) is 0 Å². The summed E-state index contributed by atoms with van der Waals surface area (Å²) in [6.07, 6.45) is 4.35. The van der Waals surface area contributed by atoms with Crippen molar-refractivity contribution in [3.05, 3.63) is 47.4 Å². The van der Waals surface area contributed by atoms with E-state index in [0.29, 0.717) is 5.92 Å². The van der Waals surface area contributed by atoms with Gasteiger partial charge in [0.2, 0.25) is 0 Å². The molecule has 0 aromatic carbocycles. The molecule has 1 saturated carbocycles. The molecule has 0 unspecified atom stereocenters. The lowest BCUT2D eigenvalue weighted by Gasteiger charge is -2.36. The van der Waals surface area contributed by atoms with Gasteiger partial charge in [-0.05, 0) is 45.7 Å². The summed E-state index contributed by atoms with van der Waals surface area (Å²) >= 11 is 0. The van der Waals surface area contributed by atoms with Crippen LogP contribution in [0.15, 0.2) is 24.4 Å². The quantitative estimate of drug-likeness (QED) is 0.678. The molecule has 29 heavy (non-hydrogen) atoms. The molecule has 3 aromatic rings. The molecule has 0 N–H and O–H groups in total. The minimum atomic E-state index is 0.577. The third-order valence-corrected chi connectivity index (χ3v) is 5.57. The molecule has 150 valence electrons. The second-order valence-electron chi connectivity index (χ2n) is 7.99. The van der Waals surface area contributed by atoms with Crippen molar-refractivity contribution in [1.82, 2.24) is 29.7 Å². The fourth-order valence-electron chi connectivity index (χ4n) is 3.91. The molecule has 4 heterocycles. The molecule has 5 rings (SSSR count). The Labute approximate surface area is 170 Å². The van der Waals surface area contributed by atoms with Crippen molar-refractivity contribution < 1.29 is 0 Å². The molecule has 1 saturated heterocycles. The topological polar surface area (TPSA) is 75.9 Å². The molecule has 1 aliphatic carbocycles. The third-order valence-electron chi connectivity index (χ3n) is 5.57. The van der Waals surface area contributed by atoms with Crippen LogP contribution >= 0.6 is 0 Å². The van der Waals surface area contributed by atoms with Crippen LogP contribution in [0.5, 0.6) is 0 Å². The van der Waals surface area contributed by atoms with E-state index in [4.69, 9.17) is 9.97 Å². The van der Waals surface area contributed by atoms with E-state index in [9.17, 15) is 0 Å². The number of anilines is 2. The monoisotopic (exact) mass is 390 g/mol. The fourth-order valence-corrected chi connectivity index (χ4v) is 3.91. The number of piperazine rings is 1. The lowest BCUT2D eigenvalue weighted by Crippen LogP contribution is -2.47. The Morgan fingerprint density at radius 3 is 2.17 bits per heavy atom. The molecule has 0 amide bonds. The fraction of sp³-hybridized carbons (Fsp3) is 0.476. The first-order valence-electron chi connectivity index (χ1n) is 10.3. The van der Waals surface area contributed by atoms with Crippen LogP contribution in [0.1, 0.15) is 41.8 Å². The van der Waals surface area contributed by atoms with Crippen molar-refractivity contribution >= 4 is 11.6 Å². The summed E-state index contributed by atoms with van der Waals surface area (Å²) in [4.78, 5) is 23.2. The summed E-state index contributed by atoms with van der Waals surface area (Å²) in [5, 5.41) is 4.57. The van der Waals surface area contributed by atoms with E-state index in [1.54, 1.807) is 0 Å². The second kappa shape index (κ2) is 7.09. The Kier molecular flexibility index (Phi) is 4.41. The van der Waals surface area contributed by atoms with Gasteiger partial charge in [0.05, 0.1) is 5.69 Å². The van der Waals surface area contributed by atoms with E-state index in [-0.39, 0.29) is 0 Å². The molecule has 3 aromatic heterocycles. The van der Waals surface area contributed by atoms with Crippen molar-refractivity contribution in [3.63, 3.8) is 0 Å². The maximum absolute atomic E-state index is 4.80. The Morgan fingerprint density at radius 2 is 1.52 bits per heavy atom. The number of hydrogen-bond donors (Lipinski definition) is 0. The summed E-state index contributed by atoms with van der Waals surface area (Å²) < 4.78 is 1.89. The van der Waals surface area contributed by atoms with Crippen molar-refractivity contribution in [3.8, 4) is 5.82 Å². The predicted octanol–water partition coefficient (Wildman–Crippen LogP) is 2.58. The highest BCUT2D eigenvalue weighted by atomic mass is 15.3. The lowest BCUT2D eigenvalue weighted by atomic mass is 10.3. The highest BCUT2D eigenvalue weighted by molar-refractivity contribution is 5.48. The zero-order valence-corrected chi connectivity index (χ0v) is 17.2. The van der Waals surface area contributed by atoms with E-state index in [1.165, 1.54) is 12.8 Å². The van der Waals surface area contributed by atoms with Crippen molar-refractivity contribution in [2.75, 3.05) is 36.0 Å². The summed E-state index contributed by atoms with van der Waals surface area (Å²) in [6, 6.07) is 6.13. The van der Waals surface area contributed by atoms with Crippen LogP contribution in [0.25, 0.3) is 5.82 Å². The van der Waals surface area contributed by atoms with E-state index >= 15 is 0 Å². The van der Waals surface area contributed by atoms with Gasteiger partial charge < -0.3 is 9.80 Å². The van der Waals surface area contributed by atoms with Gasteiger partial charge in [-0.1, -0.05) is 0 Å². The molecular formula is C21H26N8. The molecule has 2 fully saturated rings. The first kappa shape index (κ1) is 18.0. The number of aryl methyl sites for hydroxylation is 3. The maximum Gasteiger partial charge on any atom is 0.159 e. The first-order chi connectivity index (χ1) is 14.1. The Hall–Kier alpha value is -3.03. The molecule has 1 aliphatic heterocycles. The van der Waals surface area contributed by atoms with Gasteiger partial charge in [0, 0.05) is 50.1 Å². The maximum atomic E-state index is 4.80. The van der Waals surface area contributed by atoms with E-state index < -0.39 is 0 Å². The SMILES string of the molecule is Cc1cc(C)n(-c2cc(N3CCN(c4ccnc(C5CC5)n4)CC3)nc(C)n2)n1. The molecular weight excluding hydrogens is 364 g/mol. The van der Waals surface area contributed by atoms with Gasteiger partial charge in [-0.2, -0.15) is 5.10 Å². The Bertz CT molecular complexity index is 1030. The van der Waals surface area contributed by atoms with Gasteiger partial charge in [-0.15, -0.1) is 0 Å². The number of hydrogen-bond acceptors (Lipinski definition) is 7. The third kappa shape index (κ3) is 3.66. The molecule has 8 nitrogen and oxygen atoms in total. The molecule has 2 aliphatic rings. The van der Waals surface area contributed by atoms with Crippen LogP contribution < -0.4 is 9.80 Å². The van der Waals surface area contributed by atoms with Crippen LogP contribution in [-0.4, -0.2) is 55.9 Å². The second-order valence-corrected chi connectivity index (χ2v) is 7.99. The zero-order chi connectivity index (χ0) is 20.0. The molecule has 0 radical (unpaired) electrons.